The molecule has 4 heteroatoms. The van der Waals surface area contributed by atoms with Crippen LogP contribution >= 0.6 is 11.5 Å². The second-order valence-electron chi connectivity index (χ2n) is 0.241. The first kappa shape index (κ1) is 4.49. The van der Waals surface area contributed by atoms with E-state index in [1.807, 2.05) is 0 Å². The molecule has 4 heavy (non-hydrogen) atoms. The van der Waals surface area contributed by atoms with Crippen LogP contribution in [0.15, 0.2) is 0 Å². The molecule has 0 saturated carbocycles. The summed E-state index contributed by atoms with van der Waals surface area (Å²) in [6.45, 7) is 0. The molecule has 0 spiro atoms. The van der Waals surface area contributed by atoms with Crippen LogP contribution in [0.1, 0.15) is 0 Å². The van der Waals surface area contributed by atoms with Gasteiger partial charge in [0.05, 0.1) is 0 Å². The molecule has 0 aromatic rings. The molecule has 0 aliphatic heterocycles. The second kappa shape index (κ2) is 3.49. The number of hydrogen-bond acceptors (Lipinski definition) is 3. The fraction of sp³-hybridized carbons (Fsp3) is 0. The van der Waals surface area contributed by atoms with Crippen molar-refractivity contribution in [3.8, 4) is 0 Å². The van der Waals surface area contributed by atoms with Crippen LogP contribution in [-0.2, 0) is 4.33 Å². The van der Waals surface area contributed by atoms with E-state index in [1.165, 1.54) is 0 Å². The van der Waals surface area contributed by atoms with E-state index in [0.29, 0.717) is 0 Å². The van der Waals surface area contributed by atoms with Gasteiger partial charge in [-0.2, -0.15) is 4.33 Å². The van der Waals surface area contributed by atoms with Crippen LogP contribution in [0.5, 0.6) is 0 Å². The van der Waals surface area contributed by atoms with Crippen LogP contribution in [-0.4, -0.2) is 14.6 Å². The standard InChI is InChI=1S/H4O2SSi/c1-2-3-4/h1H,4H3. The van der Waals surface area contributed by atoms with Gasteiger partial charge in [0.15, 0.2) is 0 Å². The molecule has 0 aliphatic carbocycles. The van der Waals surface area contributed by atoms with Gasteiger partial charge in [-0.25, -0.2) is 5.26 Å². The van der Waals surface area contributed by atoms with E-state index >= 15 is 0 Å². The molecule has 0 amide bonds. The minimum Gasteiger partial charge on any atom is -0.240 e. The third kappa shape index (κ3) is 2.49. The van der Waals surface area contributed by atoms with E-state index in [9.17, 15) is 0 Å². The summed E-state index contributed by atoms with van der Waals surface area (Å²) in [5, 5.41) is 7.37. The lowest BCUT2D eigenvalue weighted by Gasteiger charge is -1.72. The predicted octanol–water partition coefficient (Wildman–Crippen LogP) is -0.595. The Kier molecular flexibility index (Phi) is 3.91. The highest BCUT2D eigenvalue weighted by atomic mass is 32.4. The molecule has 26 valence electrons. The third-order valence-electron chi connectivity index (χ3n) is 0.0745. The van der Waals surface area contributed by atoms with Crippen molar-refractivity contribution in [1.82, 2.24) is 0 Å². The van der Waals surface area contributed by atoms with Crippen molar-refractivity contribution in [3.05, 3.63) is 0 Å². The Morgan fingerprint density at radius 2 is 2.25 bits per heavy atom. The van der Waals surface area contributed by atoms with Crippen molar-refractivity contribution in [2.24, 2.45) is 0 Å². The summed E-state index contributed by atoms with van der Waals surface area (Å²) in [6.07, 6.45) is 0. The summed E-state index contributed by atoms with van der Waals surface area (Å²) in [7, 11) is 0.834. The normalized spacial score (nSPS) is 8.25. The monoisotopic (exact) mass is 96.0 g/mol. The number of rotatable bonds is 1. The zero-order chi connectivity index (χ0) is 3.41. The zero-order valence-electron chi connectivity index (χ0n) is 2.26. The molecule has 0 aromatic carbocycles. The van der Waals surface area contributed by atoms with Crippen molar-refractivity contribution < 1.29 is 9.59 Å². The second-order valence-corrected chi connectivity index (χ2v) is 1.72. The molecule has 0 atom stereocenters. The van der Waals surface area contributed by atoms with Crippen molar-refractivity contribution in [2.75, 3.05) is 0 Å². The summed E-state index contributed by atoms with van der Waals surface area (Å²) in [5.74, 6) is 0. The Bertz CT molecular complexity index is 8.00. The quantitative estimate of drug-likeness (QED) is 0.205. The van der Waals surface area contributed by atoms with Crippen molar-refractivity contribution in [3.63, 3.8) is 0 Å². The average molecular weight is 96.2 g/mol. The lowest BCUT2D eigenvalue weighted by atomic mass is 15.0. The van der Waals surface area contributed by atoms with E-state index in [2.05, 4.69) is 4.33 Å². The summed E-state index contributed by atoms with van der Waals surface area (Å²) in [5.41, 5.74) is 0. The van der Waals surface area contributed by atoms with Crippen LogP contribution < -0.4 is 0 Å². The summed E-state index contributed by atoms with van der Waals surface area (Å²) in [6, 6.07) is 0. The first-order valence-electron chi connectivity index (χ1n) is 0.757. The summed E-state index contributed by atoms with van der Waals surface area (Å²) < 4.78 is 3.52. The van der Waals surface area contributed by atoms with E-state index in [-0.39, 0.29) is 0 Å². The lowest BCUT2D eigenvalue weighted by Crippen LogP contribution is -1.57. The lowest BCUT2D eigenvalue weighted by molar-refractivity contribution is -0.114. The minimum atomic E-state index is 0.834. The van der Waals surface area contributed by atoms with Crippen LogP contribution in [0.4, 0.5) is 0 Å². The van der Waals surface area contributed by atoms with Gasteiger partial charge in [0.25, 0.3) is 0 Å². The van der Waals surface area contributed by atoms with E-state index in [0.717, 1.165) is 20.9 Å². The van der Waals surface area contributed by atoms with Crippen LogP contribution in [0, 0.1) is 0 Å². The van der Waals surface area contributed by atoms with E-state index in [1.54, 1.807) is 0 Å². The first-order chi connectivity index (χ1) is 1.91. The maximum atomic E-state index is 7.37. The van der Waals surface area contributed by atoms with Gasteiger partial charge in [-0.15, -0.1) is 0 Å². The molecule has 0 fully saturated rings. The summed E-state index contributed by atoms with van der Waals surface area (Å²) in [4.78, 5) is 0. The molecule has 0 saturated heterocycles. The van der Waals surface area contributed by atoms with Gasteiger partial charge in [-0.3, -0.25) is 0 Å². The maximum absolute atomic E-state index is 7.37. The minimum absolute atomic E-state index is 0.834. The Morgan fingerprint density at radius 1 is 2.00 bits per heavy atom. The molecule has 0 aliphatic rings. The van der Waals surface area contributed by atoms with Gasteiger partial charge < -0.3 is 0 Å². The topological polar surface area (TPSA) is 29.5 Å². The molecular weight excluding hydrogens is 92.2 g/mol. The Labute approximate surface area is 31.4 Å². The van der Waals surface area contributed by atoms with E-state index in [4.69, 9.17) is 5.26 Å². The Balaban J connectivity index is 1.97. The molecule has 1 N–H and O–H groups in total. The fourth-order valence-corrected chi connectivity index (χ4v) is 0. The molecule has 0 aromatic heterocycles. The smallest absolute Gasteiger partial charge is 0.109 e. The molecular formula is H4O2SSi. The van der Waals surface area contributed by atoms with Crippen molar-refractivity contribution in [1.29, 1.82) is 0 Å². The maximum Gasteiger partial charge on any atom is 0.109 e. The zero-order valence-corrected chi connectivity index (χ0v) is 5.08. The first-order valence-corrected chi connectivity index (χ1v) is 4.36. The van der Waals surface area contributed by atoms with Crippen LogP contribution in [0.2, 0.25) is 0 Å². The highest BCUT2D eigenvalue weighted by Gasteiger charge is 1.55. The highest BCUT2D eigenvalue weighted by molar-refractivity contribution is 8.15. The van der Waals surface area contributed by atoms with E-state index < -0.39 is 0 Å². The van der Waals surface area contributed by atoms with Crippen molar-refractivity contribution >= 4 is 20.9 Å². The largest absolute Gasteiger partial charge is 0.240 e. The van der Waals surface area contributed by atoms with Gasteiger partial charge in [-0.05, 0) is 11.5 Å². The van der Waals surface area contributed by atoms with Gasteiger partial charge in [-0.1, -0.05) is 0 Å². The van der Waals surface area contributed by atoms with Gasteiger partial charge >= 0.3 is 0 Å². The number of hydrogen-bond donors (Lipinski definition) is 1. The fourth-order valence-electron chi connectivity index (χ4n) is 0. The van der Waals surface area contributed by atoms with Crippen LogP contribution in [0.3, 0.4) is 0 Å². The Morgan fingerprint density at radius 3 is 2.25 bits per heavy atom. The molecule has 2 nitrogen and oxygen atoms in total. The van der Waals surface area contributed by atoms with Gasteiger partial charge in [0.1, 0.15) is 9.39 Å². The summed E-state index contributed by atoms with van der Waals surface area (Å²) >= 11 is 1.05. The molecule has 0 heterocycles. The highest BCUT2D eigenvalue weighted by Crippen LogP contribution is 1.82. The average Bonchev–Trinajstić information content (AvgIpc) is 1.37. The SMILES string of the molecule is OOS[SiH3]. The molecule has 0 radical (unpaired) electrons. The van der Waals surface area contributed by atoms with Gasteiger partial charge in [0.2, 0.25) is 0 Å². The Hall–Kier alpha value is 0.487. The van der Waals surface area contributed by atoms with Crippen molar-refractivity contribution in [2.45, 2.75) is 0 Å². The molecule has 0 rings (SSSR count). The van der Waals surface area contributed by atoms with Crippen LogP contribution in [0.25, 0.3) is 0 Å². The predicted molar refractivity (Wildman–Crippen MR) is 21.2 cm³/mol. The molecule has 0 bridgehead atoms. The third-order valence-corrected chi connectivity index (χ3v) is 0.671. The van der Waals surface area contributed by atoms with Gasteiger partial charge in [0, 0.05) is 0 Å². The molecule has 0 unspecified atom stereocenters.